The predicted molar refractivity (Wildman–Crippen MR) is 37.4 cm³/mol. The molecule has 3 heteroatoms. The van der Waals surface area contributed by atoms with Gasteiger partial charge in [0.1, 0.15) is 6.10 Å². The molecule has 0 aromatic carbocycles. The summed E-state index contributed by atoms with van der Waals surface area (Å²) in [6.45, 7) is 1.55. The van der Waals surface area contributed by atoms with Gasteiger partial charge in [0.05, 0.1) is 6.10 Å². The summed E-state index contributed by atoms with van der Waals surface area (Å²) in [6, 6.07) is 3.51. The van der Waals surface area contributed by atoms with Crippen molar-refractivity contribution < 1.29 is 10.2 Å². The van der Waals surface area contributed by atoms with Gasteiger partial charge in [0.2, 0.25) is 0 Å². The molecule has 0 spiro atoms. The Kier molecular flexibility index (Phi) is 2.09. The van der Waals surface area contributed by atoms with E-state index in [0.29, 0.717) is 5.69 Å². The van der Waals surface area contributed by atoms with Gasteiger partial charge in [0.15, 0.2) is 0 Å². The molecule has 2 atom stereocenters. The first-order chi connectivity index (χ1) is 4.72. The molecular weight excluding hydrogens is 130 g/mol. The maximum Gasteiger partial charge on any atom is 0.119 e. The Labute approximate surface area is 59.3 Å². The van der Waals surface area contributed by atoms with Crippen molar-refractivity contribution >= 4 is 0 Å². The van der Waals surface area contributed by atoms with Crippen LogP contribution in [-0.2, 0) is 0 Å². The van der Waals surface area contributed by atoms with Crippen molar-refractivity contribution in [2.24, 2.45) is 0 Å². The minimum Gasteiger partial charge on any atom is -0.390 e. The van der Waals surface area contributed by atoms with E-state index < -0.39 is 12.2 Å². The summed E-state index contributed by atoms with van der Waals surface area (Å²) in [5.41, 5.74) is 0.648. The molecule has 1 rings (SSSR count). The topological polar surface area (TPSA) is 56.2 Å². The van der Waals surface area contributed by atoms with E-state index in [-0.39, 0.29) is 0 Å². The lowest BCUT2D eigenvalue weighted by Gasteiger charge is -2.10. The van der Waals surface area contributed by atoms with Gasteiger partial charge in [0.25, 0.3) is 0 Å². The number of aromatic amines is 1. The summed E-state index contributed by atoms with van der Waals surface area (Å²) < 4.78 is 0. The average Bonchev–Trinajstić information content (AvgIpc) is 2.36. The Balaban J connectivity index is 2.68. The third-order valence-corrected chi connectivity index (χ3v) is 1.40. The Bertz CT molecular complexity index is 181. The van der Waals surface area contributed by atoms with Crippen LogP contribution in [0.5, 0.6) is 0 Å². The van der Waals surface area contributed by atoms with Crippen LogP contribution >= 0.6 is 0 Å². The normalized spacial score (nSPS) is 16.7. The van der Waals surface area contributed by atoms with Gasteiger partial charge in [-0.2, -0.15) is 0 Å². The van der Waals surface area contributed by atoms with Crippen molar-refractivity contribution in [3.8, 4) is 0 Å². The number of H-pyrrole nitrogens is 1. The minimum atomic E-state index is -0.796. The third kappa shape index (κ3) is 1.37. The van der Waals surface area contributed by atoms with Crippen molar-refractivity contribution in [2.45, 2.75) is 19.1 Å². The second kappa shape index (κ2) is 2.86. The van der Waals surface area contributed by atoms with Gasteiger partial charge in [0, 0.05) is 11.9 Å². The monoisotopic (exact) mass is 141 g/mol. The number of aliphatic hydroxyl groups is 2. The Morgan fingerprint density at radius 1 is 1.50 bits per heavy atom. The van der Waals surface area contributed by atoms with E-state index >= 15 is 0 Å². The lowest BCUT2D eigenvalue weighted by Crippen LogP contribution is -2.13. The zero-order chi connectivity index (χ0) is 7.56. The standard InChI is InChI=1S/C7H11NO2/c1-5(9)7(10)6-3-2-4-8-6/h2-5,7-10H,1H3. The van der Waals surface area contributed by atoms with Gasteiger partial charge >= 0.3 is 0 Å². The van der Waals surface area contributed by atoms with Crippen LogP contribution < -0.4 is 0 Å². The minimum absolute atomic E-state index is 0.648. The highest BCUT2D eigenvalue weighted by molar-refractivity contribution is 5.07. The highest BCUT2D eigenvalue weighted by atomic mass is 16.3. The number of hydrogen-bond acceptors (Lipinski definition) is 2. The van der Waals surface area contributed by atoms with Crippen LogP contribution in [0.1, 0.15) is 18.7 Å². The number of rotatable bonds is 2. The van der Waals surface area contributed by atoms with Crippen LogP contribution in [0, 0.1) is 0 Å². The summed E-state index contributed by atoms with van der Waals surface area (Å²) >= 11 is 0. The van der Waals surface area contributed by atoms with E-state index in [1.165, 1.54) is 0 Å². The highest BCUT2D eigenvalue weighted by Crippen LogP contribution is 2.12. The molecule has 0 bridgehead atoms. The summed E-state index contributed by atoms with van der Waals surface area (Å²) in [5, 5.41) is 18.1. The van der Waals surface area contributed by atoms with E-state index in [9.17, 15) is 5.11 Å². The first kappa shape index (κ1) is 7.31. The van der Waals surface area contributed by atoms with Crippen molar-refractivity contribution in [3.05, 3.63) is 24.0 Å². The second-order valence-corrected chi connectivity index (χ2v) is 2.31. The maximum absolute atomic E-state index is 9.21. The van der Waals surface area contributed by atoms with Crippen molar-refractivity contribution in [1.82, 2.24) is 4.98 Å². The average molecular weight is 141 g/mol. The summed E-state index contributed by atoms with van der Waals surface area (Å²) in [6.07, 6.45) is 0.189. The largest absolute Gasteiger partial charge is 0.390 e. The molecule has 2 unspecified atom stereocenters. The van der Waals surface area contributed by atoms with Crippen LogP contribution in [0.2, 0.25) is 0 Å². The molecule has 3 nitrogen and oxygen atoms in total. The lowest BCUT2D eigenvalue weighted by atomic mass is 10.2. The quantitative estimate of drug-likeness (QED) is 0.559. The van der Waals surface area contributed by atoms with Crippen LogP contribution in [-0.4, -0.2) is 21.3 Å². The second-order valence-electron chi connectivity index (χ2n) is 2.31. The van der Waals surface area contributed by atoms with Gasteiger partial charge in [-0.1, -0.05) is 0 Å². The maximum atomic E-state index is 9.21. The van der Waals surface area contributed by atoms with Gasteiger partial charge in [-0.3, -0.25) is 0 Å². The molecule has 0 amide bonds. The molecule has 3 N–H and O–H groups in total. The molecule has 0 saturated heterocycles. The number of nitrogens with one attached hydrogen (secondary N) is 1. The molecule has 1 aromatic rings. The highest BCUT2D eigenvalue weighted by Gasteiger charge is 2.12. The van der Waals surface area contributed by atoms with E-state index in [0.717, 1.165) is 0 Å². The van der Waals surface area contributed by atoms with Gasteiger partial charge in [-0.15, -0.1) is 0 Å². The molecule has 0 saturated carbocycles. The molecule has 1 heterocycles. The molecule has 0 aliphatic carbocycles. The molecule has 0 aliphatic rings. The fourth-order valence-electron chi connectivity index (χ4n) is 0.788. The molecule has 0 radical (unpaired) electrons. The van der Waals surface area contributed by atoms with Gasteiger partial charge in [-0.25, -0.2) is 0 Å². The molecule has 0 fully saturated rings. The predicted octanol–water partition coefficient (Wildman–Crippen LogP) is 0.429. The Morgan fingerprint density at radius 3 is 2.60 bits per heavy atom. The number of hydrogen-bond donors (Lipinski definition) is 3. The van der Waals surface area contributed by atoms with Crippen LogP contribution in [0.25, 0.3) is 0 Å². The zero-order valence-electron chi connectivity index (χ0n) is 5.78. The molecular formula is C7H11NO2. The van der Waals surface area contributed by atoms with Crippen molar-refractivity contribution in [3.63, 3.8) is 0 Å². The lowest BCUT2D eigenvalue weighted by molar-refractivity contribution is 0.0281. The van der Waals surface area contributed by atoms with Crippen LogP contribution in [0.4, 0.5) is 0 Å². The molecule has 1 aromatic heterocycles. The number of aromatic nitrogens is 1. The summed E-state index contributed by atoms with van der Waals surface area (Å²) in [5.74, 6) is 0. The Hall–Kier alpha value is -0.800. The van der Waals surface area contributed by atoms with Crippen LogP contribution in [0.3, 0.4) is 0 Å². The van der Waals surface area contributed by atoms with E-state index in [1.54, 1.807) is 25.3 Å². The molecule has 10 heavy (non-hydrogen) atoms. The van der Waals surface area contributed by atoms with E-state index in [2.05, 4.69) is 4.98 Å². The van der Waals surface area contributed by atoms with Crippen LogP contribution in [0.15, 0.2) is 18.3 Å². The smallest absolute Gasteiger partial charge is 0.119 e. The van der Waals surface area contributed by atoms with Crippen molar-refractivity contribution in [2.75, 3.05) is 0 Å². The summed E-state index contributed by atoms with van der Waals surface area (Å²) in [7, 11) is 0. The summed E-state index contributed by atoms with van der Waals surface area (Å²) in [4.78, 5) is 2.81. The molecule has 56 valence electrons. The zero-order valence-corrected chi connectivity index (χ0v) is 5.78. The van der Waals surface area contributed by atoms with Crippen molar-refractivity contribution in [1.29, 1.82) is 0 Å². The third-order valence-electron chi connectivity index (χ3n) is 1.40. The fraction of sp³-hybridized carbons (Fsp3) is 0.429. The van der Waals surface area contributed by atoms with E-state index in [1.807, 2.05) is 0 Å². The number of aliphatic hydroxyl groups excluding tert-OH is 2. The van der Waals surface area contributed by atoms with E-state index in [4.69, 9.17) is 5.11 Å². The fourth-order valence-corrected chi connectivity index (χ4v) is 0.788. The first-order valence-corrected chi connectivity index (χ1v) is 3.21. The SMILES string of the molecule is CC(O)C(O)c1ccc[nH]1. The van der Waals surface area contributed by atoms with Gasteiger partial charge < -0.3 is 15.2 Å². The molecule has 0 aliphatic heterocycles. The Morgan fingerprint density at radius 2 is 2.20 bits per heavy atom. The first-order valence-electron chi connectivity index (χ1n) is 3.21. The van der Waals surface area contributed by atoms with Gasteiger partial charge in [-0.05, 0) is 19.1 Å².